The number of phenols is 1. The molecule has 2 fully saturated rings. The maximum absolute atomic E-state index is 12.3. The number of phenolic OH excluding ortho intramolecular Hbond substituents is 1. The van der Waals surface area contributed by atoms with Gasteiger partial charge in [0.1, 0.15) is 5.75 Å². The number of Topliss-reactive ketones (excluding diaryl/α,β-unsaturated/α-hetero) is 1. The lowest BCUT2D eigenvalue weighted by atomic mass is 9.88. The number of nitrogens with zero attached hydrogens (tertiary/aromatic N) is 1. The second-order valence-corrected chi connectivity index (χ2v) is 10.4. The molecule has 0 spiro atoms. The lowest BCUT2D eigenvalue weighted by molar-refractivity contribution is -0.118. The number of hydrogen-bond acceptors (Lipinski definition) is 4. The summed E-state index contributed by atoms with van der Waals surface area (Å²) in [5.74, 6) is 1.15. The Balaban J connectivity index is 1.15. The summed E-state index contributed by atoms with van der Waals surface area (Å²) in [6.07, 6.45) is 7.03. The third-order valence-electron chi connectivity index (χ3n) is 7.40. The van der Waals surface area contributed by atoms with Gasteiger partial charge in [-0.3, -0.25) is 9.59 Å². The van der Waals surface area contributed by atoms with Gasteiger partial charge in [0.2, 0.25) is 0 Å². The van der Waals surface area contributed by atoms with E-state index in [2.05, 4.69) is 10.2 Å². The summed E-state index contributed by atoms with van der Waals surface area (Å²) in [6, 6.07) is 13.0. The number of rotatable bonds is 8. The number of benzene rings is 2. The smallest absolute Gasteiger partial charge is 0.251 e. The molecule has 1 aliphatic heterocycles. The highest BCUT2D eigenvalue weighted by Gasteiger charge is 2.32. The Bertz CT molecular complexity index is 1020. The van der Waals surface area contributed by atoms with Gasteiger partial charge in [-0.05, 0) is 93.3 Å². The van der Waals surface area contributed by atoms with E-state index in [1.54, 1.807) is 18.2 Å². The number of carbonyl (C=O) groups is 2. The molecule has 182 valence electrons. The Morgan fingerprint density at radius 2 is 1.76 bits per heavy atom. The fraction of sp³-hybridized carbons (Fsp3) is 0.481. The monoisotopic (exact) mass is 502 g/mol. The normalized spacial score (nSPS) is 21.5. The van der Waals surface area contributed by atoms with Crippen LogP contribution in [0.3, 0.4) is 0 Å². The molecule has 2 aliphatic rings. The molecule has 2 atom stereocenters. The summed E-state index contributed by atoms with van der Waals surface area (Å²) < 4.78 is 0. The van der Waals surface area contributed by atoms with E-state index in [0.29, 0.717) is 45.7 Å². The molecule has 2 unspecified atom stereocenters. The van der Waals surface area contributed by atoms with Gasteiger partial charge in [-0.15, -0.1) is 0 Å². The zero-order chi connectivity index (χ0) is 24.1. The zero-order valence-electron chi connectivity index (χ0n) is 19.3. The van der Waals surface area contributed by atoms with Crippen molar-refractivity contribution < 1.29 is 14.7 Å². The van der Waals surface area contributed by atoms with Crippen molar-refractivity contribution in [2.75, 3.05) is 19.6 Å². The summed E-state index contributed by atoms with van der Waals surface area (Å²) >= 11 is 11.8. The van der Waals surface area contributed by atoms with Crippen LogP contribution in [0.25, 0.3) is 0 Å². The van der Waals surface area contributed by atoms with Crippen molar-refractivity contribution in [3.05, 3.63) is 63.6 Å². The number of piperidine rings is 1. The van der Waals surface area contributed by atoms with Gasteiger partial charge in [-0.1, -0.05) is 41.4 Å². The zero-order valence-corrected chi connectivity index (χ0v) is 20.8. The molecule has 1 heterocycles. The summed E-state index contributed by atoms with van der Waals surface area (Å²) in [5, 5.41) is 13.5. The average Bonchev–Trinajstić information content (AvgIpc) is 3.32. The molecule has 1 aliphatic carbocycles. The van der Waals surface area contributed by atoms with E-state index in [1.165, 1.54) is 12.5 Å². The van der Waals surface area contributed by atoms with Crippen LogP contribution in [0.15, 0.2) is 42.5 Å². The van der Waals surface area contributed by atoms with Gasteiger partial charge in [0.25, 0.3) is 5.91 Å². The maximum Gasteiger partial charge on any atom is 0.251 e. The van der Waals surface area contributed by atoms with Crippen LogP contribution in [-0.4, -0.2) is 47.4 Å². The Morgan fingerprint density at radius 3 is 2.50 bits per heavy atom. The summed E-state index contributed by atoms with van der Waals surface area (Å²) in [6.45, 7) is 2.17. The second kappa shape index (κ2) is 11.6. The van der Waals surface area contributed by atoms with Crippen molar-refractivity contribution in [2.45, 2.75) is 56.9 Å². The number of nitrogens with one attached hydrogen (secondary N) is 1. The first-order valence-corrected chi connectivity index (χ1v) is 12.9. The number of aromatic hydroxyl groups is 1. The van der Waals surface area contributed by atoms with Crippen molar-refractivity contribution in [1.29, 1.82) is 0 Å². The number of halogens is 2. The predicted molar refractivity (Wildman–Crippen MR) is 136 cm³/mol. The molecule has 7 heteroatoms. The molecule has 1 saturated heterocycles. The van der Waals surface area contributed by atoms with E-state index in [4.69, 9.17) is 23.2 Å². The van der Waals surface area contributed by atoms with E-state index in [9.17, 15) is 14.7 Å². The molecule has 0 aromatic heterocycles. The number of hydrogen-bond donors (Lipinski definition) is 2. The van der Waals surface area contributed by atoms with Crippen LogP contribution in [0.1, 0.15) is 66.8 Å². The lowest BCUT2D eigenvalue weighted by Gasteiger charge is -2.36. The first-order valence-electron chi connectivity index (χ1n) is 12.2. The largest absolute Gasteiger partial charge is 0.508 e. The van der Waals surface area contributed by atoms with E-state index in [0.717, 1.165) is 50.8 Å². The minimum absolute atomic E-state index is 0.0368. The van der Waals surface area contributed by atoms with Crippen LogP contribution in [0.5, 0.6) is 5.75 Å². The topological polar surface area (TPSA) is 69.6 Å². The van der Waals surface area contributed by atoms with Crippen LogP contribution >= 0.6 is 23.2 Å². The number of ketones is 1. The number of amides is 1. The van der Waals surface area contributed by atoms with Crippen molar-refractivity contribution in [2.24, 2.45) is 5.92 Å². The van der Waals surface area contributed by atoms with Gasteiger partial charge in [-0.2, -0.15) is 0 Å². The SMILES string of the molecule is O=C(CCC1CCC(N2CCC(c3ccccc3O)CC2)C1)CNC(=O)c1ccc(Cl)c(Cl)c1. The third kappa shape index (κ3) is 6.32. The molecule has 1 saturated carbocycles. The fourth-order valence-electron chi connectivity index (χ4n) is 5.42. The molecule has 5 nitrogen and oxygen atoms in total. The molecule has 1 amide bonds. The molecule has 34 heavy (non-hydrogen) atoms. The molecule has 2 N–H and O–H groups in total. The molecule has 0 radical (unpaired) electrons. The highest BCUT2D eigenvalue weighted by Crippen LogP contribution is 2.38. The first-order chi connectivity index (χ1) is 16.4. The minimum Gasteiger partial charge on any atom is -0.508 e. The van der Waals surface area contributed by atoms with Gasteiger partial charge < -0.3 is 15.3 Å². The fourth-order valence-corrected chi connectivity index (χ4v) is 5.72. The quantitative estimate of drug-likeness (QED) is 0.476. The minimum atomic E-state index is -0.319. The standard InChI is InChI=1S/C27H32Cl2N2O3/c28-24-10-7-20(16-25(24)29)27(34)30-17-22(32)9-6-18-5-8-21(15-18)31-13-11-19(12-14-31)23-3-1-2-4-26(23)33/h1-4,7,10,16,18-19,21,33H,5-6,8-9,11-15,17H2,(H,30,34). The van der Waals surface area contributed by atoms with Crippen molar-refractivity contribution in [3.63, 3.8) is 0 Å². The summed E-state index contributed by atoms with van der Waals surface area (Å²) in [7, 11) is 0. The van der Waals surface area contributed by atoms with Gasteiger partial charge in [0.15, 0.2) is 5.78 Å². The van der Waals surface area contributed by atoms with E-state index in [1.807, 2.05) is 18.2 Å². The highest BCUT2D eigenvalue weighted by atomic mass is 35.5. The number of carbonyl (C=O) groups excluding carboxylic acids is 2. The summed E-state index contributed by atoms with van der Waals surface area (Å²) in [5.41, 5.74) is 1.48. The van der Waals surface area contributed by atoms with Crippen LogP contribution in [0.4, 0.5) is 0 Å². The molecule has 2 aromatic carbocycles. The Morgan fingerprint density at radius 1 is 1.00 bits per heavy atom. The predicted octanol–water partition coefficient (Wildman–Crippen LogP) is 5.83. The number of likely N-dealkylation sites (tertiary alicyclic amines) is 1. The third-order valence-corrected chi connectivity index (χ3v) is 8.13. The molecule has 2 aromatic rings. The maximum atomic E-state index is 12.3. The van der Waals surface area contributed by atoms with Crippen molar-refractivity contribution >= 4 is 34.9 Å². The van der Waals surface area contributed by atoms with Crippen molar-refractivity contribution in [3.8, 4) is 5.75 Å². The average molecular weight is 503 g/mol. The van der Waals surface area contributed by atoms with Crippen LogP contribution in [0.2, 0.25) is 10.0 Å². The van der Waals surface area contributed by atoms with E-state index in [-0.39, 0.29) is 18.2 Å². The molecular formula is C27H32Cl2N2O3. The van der Waals surface area contributed by atoms with E-state index >= 15 is 0 Å². The Hall–Kier alpha value is -2.08. The Kier molecular flexibility index (Phi) is 8.51. The highest BCUT2D eigenvalue weighted by molar-refractivity contribution is 6.42. The number of para-hydroxylation sites is 1. The van der Waals surface area contributed by atoms with Crippen LogP contribution in [0, 0.1) is 5.92 Å². The first kappa shape index (κ1) is 25.0. The molecule has 4 rings (SSSR count). The lowest BCUT2D eigenvalue weighted by Crippen LogP contribution is -2.39. The van der Waals surface area contributed by atoms with E-state index < -0.39 is 0 Å². The Labute approximate surface area is 211 Å². The molecule has 0 bridgehead atoms. The van der Waals surface area contributed by atoms with Crippen molar-refractivity contribution in [1.82, 2.24) is 10.2 Å². The molecular weight excluding hydrogens is 471 g/mol. The van der Waals surface area contributed by atoms with Gasteiger partial charge in [0, 0.05) is 18.0 Å². The van der Waals surface area contributed by atoms with Crippen LogP contribution in [-0.2, 0) is 4.79 Å². The van der Waals surface area contributed by atoms with Gasteiger partial charge >= 0.3 is 0 Å². The van der Waals surface area contributed by atoms with Gasteiger partial charge in [0.05, 0.1) is 16.6 Å². The van der Waals surface area contributed by atoms with Crippen LogP contribution < -0.4 is 5.32 Å². The summed E-state index contributed by atoms with van der Waals surface area (Å²) in [4.78, 5) is 27.2. The van der Waals surface area contributed by atoms with Gasteiger partial charge in [-0.25, -0.2) is 0 Å². The second-order valence-electron chi connectivity index (χ2n) is 9.59.